The van der Waals surface area contributed by atoms with Gasteiger partial charge in [0.2, 0.25) is 0 Å². The number of nitrogens with zero attached hydrogens (tertiary/aromatic N) is 4. The molecule has 1 aliphatic rings. The minimum Gasteiger partial charge on any atom is -0.497 e. The zero-order valence-corrected chi connectivity index (χ0v) is 21.4. The summed E-state index contributed by atoms with van der Waals surface area (Å²) in [5.41, 5.74) is 1.09. The minimum absolute atomic E-state index is 0. The maximum atomic E-state index is 13.5. The summed E-state index contributed by atoms with van der Waals surface area (Å²) in [6, 6.07) is 10.3. The van der Waals surface area contributed by atoms with Crippen molar-refractivity contribution in [1.82, 2.24) is 19.6 Å². The number of methoxy groups -OCH3 is 1. The molecule has 1 atom stereocenters. The molecule has 0 unspecified atom stereocenters. The lowest BCUT2D eigenvalue weighted by atomic mass is 10.00. The standard InChI is InChI=1S/C25H26ClF3N4O2.ClH/c1-31-14-18(13-30-31)15-32-7-8-33(22(16-32)9-17-3-5-21(26)6-4-17)24(34)19-10-20(25(27,28)29)12-23(11-19)35-2;/h3-6,10-14,22H,7-9,15-16H2,1-2H3;1H/t22-;/m1./s1. The number of aryl methyl sites for hydroxylation is 1. The number of alkyl halides is 3. The van der Waals surface area contributed by atoms with Crippen LogP contribution in [0.1, 0.15) is 27.0 Å². The molecule has 1 saturated heterocycles. The summed E-state index contributed by atoms with van der Waals surface area (Å²) in [5, 5.41) is 4.82. The van der Waals surface area contributed by atoms with Crippen LogP contribution in [-0.2, 0) is 26.2 Å². The third-order valence-corrected chi connectivity index (χ3v) is 6.35. The van der Waals surface area contributed by atoms with Gasteiger partial charge < -0.3 is 9.64 Å². The summed E-state index contributed by atoms with van der Waals surface area (Å²) in [4.78, 5) is 17.4. The topological polar surface area (TPSA) is 50.6 Å². The van der Waals surface area contributed by atoms with E-state index >= 15 is 0 Å². The third-order valence-electron chi connectivity index (χ3n) is 6.09. The summed E-state index contributed by atoms with van der Waals surface area (Å²) < 4.78 is 47.1. The number of piperazine rings is 1. The molecule has 6 nitrogen and oxygen atoms in total. The van der Waals surface area contributed by atoms with Gasteiger partial charge in [-0.05, 0) is 42.3 Å². The molecule has 0 saturated carbocycles. The van der Waals surface area contributed by atoms with Crippen molar-refractivity contribution in [3.63, 3.8) is 0 Å². The van der Waals surface area contributed by atoms with E-state index < -0.39 is 17.6 Å². The van der Waals surface area contributed by atoms with Crippen LogP contribution < -0.4 is 4.74 Å². The number of benzene rings is 2. The molecule has 0 spiro atoms. The Labute approximate surface area is 219 Å². The number of hydrogen-bond acceptors (Lipinski definition) is 4. The van der Waals surface area contributed by atoms with Gasteiger partial charge in [0, 0.05) is 61.6 Å². The summed E-state index contributed by atoms with van der Waals surface area (Å²) in [7, 11) is 3.14. The molecule has 1 fully saturated rings. The fourth-order valence-electron chi connectivity index (χ4n) is 4.38. The van der Waals surface area contributed by atoms with E-state index in [2.05, 4.69) is 10.00 Å². The first kappa shape index (κ1) is 27.8. The molecule has 1 amide bonds. The van der Waals surface area contributed by atoms with E-state index in [-0.39, 0.29) is 29.8 Å². The third kappa shape index (κ3) is 6.72. The van der Waals surface area contributed by atoms with Crippen LogP contribution in [-0.4, -0.2) is 58.3 Å². The number of amides is 1. The Hall–Kier alpha value is -2.75. The Balaban J connectivity index is 0.00000361. The van der Waals surface area contributed by atoms with Crippen molar-refractivity contribution in [2.45, 2.75) is 25.2 Å². The van der Waals surface area contributed by atoms with Crippen LogP contribution in [0.5, 0.6) is 5.75 Å². The Morgan fingerprint density at radius 1 is 1.14 bits per heavy atom. The maximum absolute atomic E-state index is 13.5. The number of hydrogen-bond donors (Lipinski definition) is 0. The Bertz CT molecular complexity index is 1180. The first-order valence-corrected chi connectivity index (χ1v) is 11.5. The molecule has 0 radical (unpaired) electrons. The number of carbonyl (C=O) groups excluding carboxylic acids is 1. The van der Waals surface area contributed by atoms with Gasteiger partial charge in [-0.25, -0.2) is 0 Å². The van der Waals surface area contributed by atoms with Crippen molar-refractivity contribution >= 4 is 29.9 Å². The van der Waals surface area contributed by atoms with Gasteiger partial charge in [-0.3, -0.25) is 14.4 Å². The quantitative estimate of drug-likeness (QED) is 0.435. The molecule has 4 rings (SSSR count). The monoisotopic (exact) mass is 542 g/mol. The predicted molar refractivity (Wildman–Crippen MR) is 134 cm³/mol. The Morgan fingerprint density at radius 3 is 2.47 bits per heavy atom. The van der Waals surface area contributed by atoms with Gasteiger partial charge in [0.1, 0.15) is 5.75 Å². The van der Waals surface area contributed by atoms with E-state index in [1.165, 1.54) is 13.2 Å². The molecule has 36 heavy (non-hydrogen) atoms. The van der Waals surface area contributed by atoms with E-state index in [0.717, 1.165) is 23.3 Å². The maximum Gasteiger partial charge on any atom is 0.416 e. The molecule has 1 aromatic heterocycles. The van der Waals surface area contributed by atoms with Crippen LogP contribution >= 0.6 is 24.0 Å². The molecule has 0 bridgehead atoms. The summed E-state index contributed by atoms with van der Waals surface area (Å²) in [5.74, 6) is -0.456. The first-order valence-electron chi connectivity index (χ1n) is 11.1. The minimum atomic E-state index is -4.59. The van der Waals surface area contributed by atoms with Gasteiger partial charge >= 0.3 is 6.18 Å². The average molecular weight is 543 g/mol. The SMILES string of the molecule is COc1cc(C(=O)N2CCN(Cc3cnn(C)c3)C[C@H]2Cc2ccc(Cl)cc2)cc(C(F)(F)F)c1.Cl. The van der Waals surface area contributed by atoms with Crippen LogP contribution in [0.25, 0.3) is 0 Å². The number of halogens is 5. The molecule has 0 N–H and O–H groups in total. The molecular weight excluding hydrogens is 516 g/mol. The van der Waals surface area contributed by atoms with Gasteiger partial charge in [0.05, 0.1) is 18.9 Å². The Kier molecular flexibility index (Phi) is 8.92. The highest BCUT2D eigenvalue weighted by Gasteiger charge is 2.35. The fraction of sp³-hybridized carbons (Fsp3) is 0.360. The highest BCUT2D eigenvalue weighted by molar-refractivity contribution is 6.30. The smallest absolute Gasteiger partial charge is 0.416 e. The van der Waals surface area contributed by atoms with Crippen LogP contribution in [0.4, 0.5) is 13.2 Å². The van der Waals surface area contributed by atoms with Crippen molar-refractivity contribution < 1.29 is 22.7 Å². The molecule has 194 valence electrons. The second-order valence-corrected chi connectivity index (χ2v) is 9.12. The number of aromatic nitrogens is 2. The summed E-state index contributed by atoms with van der Waals surface area (Å²) in [6.45, 7) is 2.22. The van der Waals surface area contributed by atoms with Crippen LogP contribution in [0, 0.1) is 0 Å². The average Bonchev–Trinajstić information content (AvgIpc) is 3.23. The molecule has 3 aromatic rings. The predicted octanol–water partition coefficient (Wildman–Crippen LogP) is 5.09. The van der Waals surface area contributed by atoms with Gasteiger partial charge in [0.15, 0.2) is 0 Å². The largest absolute Gasteiger partial charge is 0.497 e. The van der Waals surface area contributed by atoms with E-state index in [9.17, 15) is 18.0 Å². The van der Waals surface area contributed by atoms with Gasteiger partial charge in [0.25, 0.3) is 5.91 Å². The van der Waals surface area contributed by atoms with Crippen LogP contribution in [0.15, 0.2) is 54.9 Å². The van der Waals surface area contributed by atoms with Crippen LogP contribution in [0.2, 0.25) is 5.02 Å². The van der Waals surface area contributed by atoms with Crippen molar-refractivity contribution in [3.05, 3.63) is 82.1 Å². The fourth-order valence-corrected chi connectivity index (χ4v) is 4.51. The van der Waals surface area contributed by atoms with E-state index in [1.807, 2.05) is 25.4 Å². The van der Waals surface area contributed by atoms with Crippen molar-refractivity contribution in [2.75, 3.05) is 26.7 Å². The summed E-state index contributed by atoms with van der Waals surface area (Å²) in [6.07, 6.45) is -0.293. The number of rotatable bonds is 6. The molecule has 2 aromatic carbocycles. The zero-order chi connectivity index (χ0) is 25.2. The van der Waals surface area contributed by atoms with Gasteiger partial charge in [-0.15, -0.1) is 12.4 Å². The van der Waals surface area contributed by atoms with E-state index in [1.54, 1.807) is 27.9 Å². The van der Waals surface area contributed by atoms with E-state index in [0.29, 0.717) is 37.6 Å². The lowest BCUT2D eigenvalue weighted by Crippen LogP contribution is -2.55. The molecule has 11 heteroatoms. The second kappa shape index (κ2) is 11.5. The van der Waals surface area contributed by atoms with Gasteiger partial charge in [-0.1, -0.05) is 23.7 Å². The number of ether oxygens (including phenoxy) is 1. The van der Waals surface area contributed by atoms with Gasteiger partial charge in [-0.2, -0.15) is 18.3 Å². The van der Waals surface area contributed by atoms with Crippen molar-refractivity contribution in [3.8, 4) is 5.75 Å². The first-order chi connectivity index (χ1) is 16.6. The van der Waals surface area contributed by atoms with Crippen LogP contribution in [0.3, 0.4) is 0 Å². The molecule has 1 aliphatic heterocycles. The van der Waals surface area contributed by atoms with Crippen molar-refractivity contribution in [2.24, 2.45) is 7.05 Å². The lowest BCUT2D eigenvalue weighted by Gasteiger charge is -2.41. The highest BCUT2D eigenvalue weighted by Crippen LogP contribution is 2.33. The normalized spacial score (nSPS) is 16.5. The lowest BCUT2D eigenvalue weighted by molar-refractivity contribution is -0.137. The Morgan fingerprint density at radius 2 is 1.86 bits per heavy atom. The second-order valence-electron chi connectivity index (χ2n) is 8.69. The summed E-state index contributed by atoms with van der Waals surface area (Å²) >= 11 is 6.02. The number of carbonyl (C=O) groups is 1. The molecular formula is C25H27Cl2F3N4O2. The zero-order valence-electron chi connectivity index (χ0n) is 19.8. The van der Waals surface area contributed by atoms with E-state index in [4.69, 9.17) is 16.3 Å². The van der Waals surface area contributed by atoms with Crippen molar-refractivity contribution in [1.29, 1.82) is 0 Å². The highest BCUT2D eigenvalue weighted by atomic mass is 35.5. The molecule has 2 heterocycles. The molecule has 0 aliphatic carbocycles.